The van der Waals surface area contributed by atoms with Crippen LogP contribution >= 0.6 is 0 Å². The van der Waals surface area contributed by atoms with Gasteiger partial charge in [-0.2, -0.15) is 0 Å². The molecule has 0 bridgehead atoms. The van der Waals surface area contributed by atoms with E-state index < -0.39 is 5.60 Å². The third-order valence-corrected chi connectivity index (χ3v) is 6.19. The maximum absolute atomic E-state index is 13.2. The van der Waals surface area contributed by atoms with Crippen molar-refractivity contribution in [3.63, 3.8) is 0 Å². The number of hydrogen-bond acceptors (Lipinski definition) is 3. The van der Waals surface area contributed by atoms with E-state index in [1.54, 1.807) is 0 Å². The maximum Gasteiger partial charge on any atom is 0.258 e. The Morgan fingerprint density at radius 1 is 1.28 bits per heavy atom. The van der Waals surface area contributed by atoms with Gasteiger partial charge in [0.15, 0.2) is 0 Å². The van der Waals surface area contributed by atoms with E-state index in [1.807, 2.05) is 24.8 Å². The second-order valence-electron chi connectivity index (χ2n) is 9.06. The smallest absolute Gasteiger partial charge is 0.258 e. The van der Waals surface area contributed by atoms with Crippen molar-refractivity contribution in [3.05, 3.63) is 46.5 Å². The van der Waals surface area contributed by atoms with Gasteiger partial charge >= 0.3 is 0 Å². The van der Waals surface area contributed by atoms with E-state index in [0.29, 0.717) is 16.9 Å². The fourth-order valence-electron chi connectivity index (χ4n) is 4.42. The van der Waals surface area contributed by atoms with E-state index in [-0.39, 0.29) is 17.7 Å². The normalized spacial score (nSPS) is 18.7. The number of amides is 1. The van der Waals surface area contributed by atoms with Gasteiger partial charge in [-0.15, -0.1) is 0 Å². The molecule has 1 saturated heterocycles. The minimum Gasteiger partial charge on any atom is -0.506 e. The highest BCUT2D eigenvalue weighted by molar-refractivity contribution is 6.03. The predicted octanol–water partition coefficient (Wildman–Crippen LogP) is 5.57. The maximum atomic E-state index is 13.2. The molecule has 4 rings (SSSR count). The summed E-state index contributed by atoms with van der Waals surface area (Å²) in [6, 6.07) is 8.46. The quantitative estimate of drug-likeness (QED) is 0.533. The Morgan fingerprint density at radius 3 is 2.66 bits per heavy atom. The van der Waals surface area contributed by atoms with Crippen molar-refractivity contribution in [3.8, 4) is 22.6 Å². The topological polar surface area (TPSA) is 49.5 Å². The predicted molar refractivity (Wildman–Crippen MR) is 116 cm³/mol. The number of aryl methyl sites for hydroxylation is 2. The molecule has 2 heterocycles. The number of phenolic OH excluding ortho intramolecular Hbond substituents is 1. The second-order valence-corrected chi connectivity index (χ2v) is 9.06. The highest BCUT2D eigenvalue weighted by atomic mass is 16.5. The van der Waals surface area contributed by atoms with Gasteiger partial charge < -0.3 is 14.7 Å². The van der Waals surface area contributed by atoms with Gasteiger partial charge in [-0.1, -0.05) is 43.5 Å². The fourth-order valence-corrected chi connectivity index (χ4v) is 4.42. The van der Waals surface area contributed by atoms with Crippen LogP contribution < -0.4 is 4.74 Å². The Balaban J connectivity index is 1.91. The molecule has 1 atom stereocenters. The van der Waals surface area contributed by atoms with Crippen LogP contribution in [0, 0.1) is 6.92 Å². The summed E-state index contributed by atoms with van der Waals surface area (Å²) in [5.41, 5.74) is 4.62. The summed E-state index contributed by atoms with van der Waals surface area (Å²) in [4.78, 5) is 15.0. The summed E-state index contributed by atoms with van der Waals surface area (Å²) in [6.07, 6.45) is 3.96. The average Bonchev–Trinajstić information content (AvgIpc) is 3.37. The zero-order valence-corrected chi connectivity index (χ0v) is 18.1. The molecule has 2 aromatic carbocycles. The number of phenols is 1. The molecule has 0 spiro atoms. The van der Waals surface area contributed by atoms with Crippen molar-refractivity contribution in [2.45, 2.75) is 71.9 Å². The highest BCUT2D eigenvalue weighted by Gasteiger charge is 2.40. The van der Waals surface area contributed by atoms with E-state index in [4.69, 9.17) is 4.74 Å². The SMILES string of the molecule is CCCCCc1cc2c(c(O)c1C(=O)N1C[C@H]1C)-c1cc(C)ccc1C(C)(C)O2. The number of ether oxygens (including phenoxy) is 1. The van der Waals surface area contributed by atoms with Crippen LogP contribution in [0.15, 0.2) is 24.3 Å². The molecule has 2 aliphatic rings. The summed E-state index contributed by atoms with van der Waals surface area (Å²) in [6.45, 7) is 11.1. The molecule has 1 N–H and O–H groups in total. The third kappa shape index (κ3) is 3.39. The van der Waals surface area contributed by atoms with Gasteiger partial charge in [0.1, 0.15) is 17.1 Å². The fraction of sp³-hybridized carbons (Fsp3) is 0.480. The number of rotatable bonds is 5. The van der Waals surface area contributed by atoms with Crippen molar-refractivity contribution >= 4 is 5.91 Å². The van der Waals surface area contributed by atoms with Crippen LogP contribution in [0.3, 0.4) is 0 Å². The Labute approximate surface area is 173 Å². The van der Waals surface area contributed by atoms with Crippen LogP contribution in [-0.4, -0.2) is 28.5 Å². The van der Waals surface area contributed by atoms with Gasteiger partial charge in [0, 0.05) is 18.2 Å². The number of carbonyl (C=O) groups is 1. The highest BCUT2D eigenvalue weighted by Crippen LogP contribution is 2.51. The molecule has 4 heteroatoms. The molecule has 2 aliphatic heterocycles. The molecular formula is C25H31NO3. The molecule has 0 aromatic heterocycles. The average molecular weight is 394 g/mol. The number of carbonyl (C=O) groups excluding carboxylic acids is 1. The van der Waals surface area contributed by atoms with Crippen molar-refractivity contribution in [1.29, 1.82) is 0 Å². The van der Waals surface area contributed by atoms with Crippen LogP contribution in [0.25, 0.3) is 11.1 Å². The minimum atomic E-state index is -0.497. The van der Waals surface area contributed by atoms with E-state index in [0.717, 1.165) is 54.5 Å². The first-order valence-electron chi connectivity index (χ1n) is 10.7. The summed E-state index contributed by atoms with van der Waals surface area (Å²) in [7, 11) is 0. The molecule has 0 saturated carbocycles. The number of unbranched alkanes of at least 4 members (excludes halogenated alkanes) is 2. The number of hydrogen-bond donors (Lipinski definition) is 1. The van der Waals surface area contributed by atoms with Gasteiger partial charge in [-0.25, -0.2) is 0 Å². The van der Waals surface area contributed by atoms with Crippen LogP contribution in [0.4, 0.5) is 0 Å². The van der Waals surface area contributed by atoms with Crippen LogP contribution in [0.1, 0.15) is 74.0 Å². The Hall–Kier alpha value is -2.49. The lowest BCUT2D eigenvalue weighted by atomic mass is 9.83. The largest absolute Gasteiger partial charge is 0.506 e. The molecule has 0 radical (unpaired) electrons. The molecule has 0 unspecified atom stereocenters. The summed E-state index contributed by atoms with van der Waals surface area (Å²) < 4.78 is 6.36. The minimum absolute atomic E-state index is 0.0664. The molecule has 1 amide bonds. The van der Waals surface area contributed by atoms with Gasteiger partial charge in [-0.3, -0.25) is 4.79 Å². The lowest BCUT2D eigenvalue weighted by Gasteiger charge is -2.36. The monoisotopic (exact) mass is 393 g/mol. The summed E-state index contributed by atoms with van der Waals surface area (Å²) in [5, 5.41) is 11.4. The molecule has 154 valence electrons. The number of nitrogens with zero attached hydrogens (tertiary/aromatic N) is 1. The van der Waals surface area contributed by atoms with Gasteiger partial charge in [0.2, 0.25) is 0 Å². The van der Waals surface area contributed by atoms with E-state index in [1.165, 1.54) is 0 Å². The zero-order chi connectivity index (χ0) is 20.9. The summed E-state index contributed by atoms with van der Waals surface area (Å²) >= 11 is 0. The first-order valence-corrected chi connectivity index (χ1v) is 10.7. The Kier molecular flexibility index (Phi) is 4.84. The standard InChI is InChI=1S/C25H31NO3/c1-6-7-8-9-17-13-20-22(23(27)21(17)24(28)26-14-16(26)3)18-12-15(2)10-11-19(18)25(4,5)29-20/h10-13,16,27H,6-9,14H2,1-5H3/t16-,26?/m1/s1. The van der Waals surface area contributed by atoms with E-state index >= 15 is 0 Å². The summed E-state index contributed by atoms with van der Waals surface area (Å²) in [5.74, 6) is 0.677. The van der Waals surface area contributed by atoms with Crippen molar-refractivity contribution in [2.75, 3.05) is 6.54 Å². The third-order valence-electron chi connectivity index (χ3n) is 6.19. The van der Waals surface area contributed by atoms with Crippen molar-refractivity contribution in [1.82, 2.24) is 4.90 Å². The van der Waals surface area contributed by atoms with Crippen LogP contribution in [0.2, 0.25) is 0 Å². The lowest BCUT2D eigenvalue weighted by Crippen LogP contribution is -2.30. The lowest BCUT2D eigenvalue weighted by molar-refractivity contribution is 0.0871. The first kappa shape index (κ1) is 19.8. The molecule has 29 heavy (non-hydrogen) atoms. The van der Waals surface area contributed by atoms with Gasteiger partial charge in [0.05, 0.1) is 11.1 Å². The van der Waals surface area contributed by atoms with Crippen molar-refractivity contribution in [2.24, 2.45) is 0 Å². The van der Waals surface area contributed by atoms with Gasteiger partial charge in [-0.05, 0) is 57.7 Å². The molecule has 1 fully saturated rings. The number of fused-ring (bicyclic) bond motifs is 3. The Bertz CT molecular complexity index is 977. The van der Waals surface area contributed by atoms with Crippen molar-refractivity contribution < 1.29 is 14.6 Å². The van der Waals surface area contributed by atoms with E-state index in [2.05, 4.69) is 39.0 Å². The molecule has 0 aliphatic carbocycles. The Morgan fingerprint density at radius 2 is 2.00 bits per heavy atom. The first-order chi connectivity index (χ1) is 13.7. The van der Waals surface area contributed by atoms with E-state index in [9.17, 15) is 9.90 Å². The number of benzene rings is 2. The van der Waals surface area contributed by atoms with Gasteiger partial charge in [0.25, 0.3) is 5.91 Å². The molecule has 4 nitrogen and oxygen atoms in total. The van der Waals surface area contributed by atoms with Crippen LogP contribution in [-0.2, 0) is 12.0 Å². The van der Waals surface area contributed by atoms with Crippen LogP contribution in [0.5, 0.6) is 11.5 Å². The number of aromatic hydroxyl groups is 1. The molecular weight excluding hydrogens is 362 g/mol. The molecule has 2 aromatic rings. The second kappa shape index (κ2) is 7.08. The zero-order valence-electron chi connectivity index (χ0n) is 18.1.